The smallest absolute Gasteiger partial charge is 0.264 e. The summed E-state index contributed by atoms with van der Waals surface area (Å²) >= 11 is 7.14. The molecule has 0 saturated carbocycles. The minimum Gasteiger partial charge on any atom is -0.335 e. The number of sulfonamides is 1. The number of nitrogens with zero attached hydrogens (tertiary/aromatic N) is 2. The number of benzene rings is 1. The van der Waals surface area contributed by atoms with Gasteiger partial charge in [-0.2, -0.15) is 4.31 Å². The van der Waals surface area contributed by atoms with Crippen molar-refractivity contribution < 1.29 is 13.2 Å². The van der Waals surface area contributed by atoms with Crippen LogP contribution in [0.1, 0.15) is 27.2 Å². The minimum absolute atomic E-state index is 0.0866. The van der Waals surface area contributed by atoms with E-state index in [0.717, 1.165) is 24.8 Å². The highest BCUT2D eigenvalue weighted by Crippen LogP contribution is 2.27. The second-order valence-corrected chi connectivity index (χ2v) is 10.2. The summed E-state index contributed by atoms with van der Waals surface area (Å²) in [7, 11) is -3.52. The predicted octanol–water partition coefficient (Wildman–Crippen LogP) is 3.04. The van der Waals surface area contributed by atoms with Gasteiger partial charge < -0.3 is 4.90 Å². The van der Waals surface area contributed by atoms with Crippen LogP contribution in [0.2, 0.25) is 4.34 Å². The number of fused-ring (bicyclic) bond motifs is 1. The number of hydrogen-bond acceptors (Lipinski definition) is 4. The second-order valence-electron chi connectivity index (χ2n) is 6.58. The molecule has 0 spiro atoms. The van der Waals surface area contributed by atoms with Crippen molar-refractivity contribution in [3.05, 3.63) is 50.7 Å². The first-order valence-electron chi connectivity index (χ1n) is 8.62. The highest BCUT2D eigenvalue weighted by molar-refractivity contribution is 7.89. The van der Waals surface area contributed by atoms with Crippen LogP contribution in [0.25, 0.3) is 0 Å². The third-order valence-electron chi connectivity index (χ3n) is 5.02. The molecule has 1 saturated heterocycles. The fourth-order valence-corrected chi connectivity index (χ4v) is 6.06. The van der Waals surface area contributed by atoms with Crippen molar-refractivity contribution >= 4 is 38.9 Å². The molecule has 2 heterocycles. The monoisotopic (exact) mass is 410 g/mol. The standard InChI is InChI=1S/C18H19ClN2O3S2/c19-17-7-6-16(25-17)18(22)20-8-10-21(11-9-20)26(23,24)15-5-4-13-2-1-3-14(13)12-15/h4-7,12H,1-3,8-11H2. The average Bonchev–Trinajstić information content (AvgIpc) is 3.29. The van der Waals surface area contributed by atoms with Gasteiger partial charge in [-0.1, -0.05) is 17.7 Å². The van der Waals surface area contributed by atoms with Crippen LogP contribution in [-0.2, 0) is 22.9 Å². The Morgan fingerprint density at radius 3 is 2.42 bits per heavy atom. The van der Waals surface area contributed by atoms with Crippen molar-refractivity contribution in [2.75, 3.05) is 26.2 Å². The molecule has 0 radical (unpaired) electrons. The van der Waals surface area contributed by atoms with E-state index in [2.05, 4.69) is 0 Å². The van der Waals surface area contributed by atoms with E-state index in [1.165, 1.54) is 21.2 Å². The van der Waals surface area contributed by atoms with E-state index in [4.69, 9.17) is 11.6 Å². The fourth-order valence-electron chi connectivity index (χ4n) is 3.57. The maximum atomic E-state index is 12.9. The molecule has 1 aromatic heterocycles. The van der Waals surface area contributed by atoms with Gasteiger partial charge in [0, 0.05) is 26.2 Å². The lowest BCUT2D eigenvalue weighted by Crippen LogP contribution is -2.50. The number of amides is 1. The third kappa shape index (κ3) is 3.29. The molecule has 26 heavy (non-hydrogen) atoms. The molecule has 8 heteroatoms. The van der Waals surface area contributed by atoms with Gasteiger partial charge >= 0.3 is 0 Å². The van der Waals surface area contributed by atoms with Crippen molar-refractivity contribution in [3.8, 4) is 0 Å². The number of halogens is 1. The predicted molar refractivity (Wildman–Crippen MR) is 102 cm³/mol. The van der Waals surface area contributed by atoms with E-state index in [1.807, 2.05) is 12.1 Å². The van der Waals surface area contributed by atoms with E-state index in [1.54, 1.807) is 23.1 Å². The van der Waals surface area contributed by atoms with Crippen LogP contribution in [0.5, 0.6) is 0 Å². The van der Waals surface area contributed by atoms with Gasteiger partial charge in [0.25, 0.3) is 5.91 Å². The maximum absolute atomic E-state index is 12.9. The lowest BCUT2D eigenvalue weighted by Gasteiger charge is -2.33. The Morgan fingerprint density at radius 2 is 1.73 bits per heavy atom. The minimum atomic E-state index is -3.52. The number of carbonyl (C=O) groups is 1. The van der Waals surface area contributed by atoms with Crippen molar-refractivity contribution in [1.82, 2.24) is 9.21 Å². The van der Waals surface area contributed by atoms with E-state index in [0.29, 0.717) is 40.3 Å². The van der Waals surface area contributed by atoms with Crippen LogP contribution in [0.3, 0.4) is 0 Å². The molecule has 5 nitrogen and oxygen atoms in total. The number of aryl methyl sites for hydroxylation is 2. The first kappa shape index (κ1) is 18.0. The van der Waals surface area contributed by atoms with Crippen molar-refractivity contribution in [3.63, 3.8) is 0 Å². The molecule has 0 N–H and O–H groups in total. The molecule has 1 fully saturated rings. The summed E-state index contributed by atoms with van der Waals surface area (Å²) in [6, 6.07) is 8.89. The third-order valence-corrected chi connectivity index (χ3v) is 8.13. The van der Waals surface area contributed by atoms with Gasteiger partial charge in [0.1, 0.15) is 0 Å². The molecule has 1 amide bonds. The molecule has 1 aromatic carbocycles. The normalized spacial score (nSPS) is 18.1. The van der Waals surface area contributed by atoms with Crippen molar-refractivity contribution in [2.45, 2.75) is 24.2 Å². The van der Waals surface area contributed by atoms with E-state index in [9.17, 15) is 13.2 Å². The Morgan fingerprint density at radius 1 is 1.00 bits per heavy atom. The molecule has 1 aliphatic heterocycles. The van der Waals surface area contributed by atoms with Crippen LogP contribution < -0.4 is 0 Å². The first-order chi connectivity index (χ1) is 12.4. The van der Waals surface area contributed by atoms with Gasteiger partial charge in [-0.25, -0.2) is 8.42 Å². The second kappa shape index (κ2) is 6.96. The quantitative estimate of drug-likeness (QED) is 0.781. The zero-order valence-electron chi connectivity index (χ0n) is 14.2. The van der Waals surface area contributed by atoms with Gasteiger partial charge in [-0.3, -0.25) is 4.79 Å². The van der Waals surface area contributed by atoms with Crippen molar-refractivity contribution in [1.29, 1.82) is 0 Å². The van der Waals surface area contributed by atoms with Gasteiger partial charge in [0.05, 0.1) is 14.1 Å². The Balaban J connectivity index is 1.46. The molecule has 2 aliphatic rings. The molecular formula is C18H19ClN2O3S2. The summed E-state index contributed by atoms with van der Waals surface area (Å²) < 4.78 is 27.9. The zero-order valence-corrected chi connectivity index (χ0v) is 16.5. The summed E-state index contributed by atoms with van der Waals surface area (Å²) in [6.07, 6.45) is 3.07. The molecule has 138 valence electrons. The van der Waals surface area contributed by atoms with Crippen LogP contribution >= 0.6 is 22.9 Å². The van der Waals surface area contributed by atoms with Crippen LogP contribution in [0, 0.1) is 0 Å². The highest BCUT2D eigenvalue weighted by atomic mass is 35.5. The Hall–Kier alpha value is -1.41. The maximum Gasteiger partial charge on any atom is 0.264 e. The first-order valence-corrected chi connectivity index (χ1v) is 11.3. The molecule has 1 aliphatic carbocycles. The van der Waals surface area contributed by atoms with Crippen LogP contribution in [0.4, 0.5) is 0 Å². The summed E-state index contributed by atoms with van der Waals surface area (Å²) in [4.78, 5) is 15.1. The fraction of sp³-hybridized carbons (Fsp3) is 0.389. The number of hydrogen-bond donors (Lipinski definition) is 0. The lowest BCUT2D eigenvalue weighted by atomic mass is 10.1. The molecule has 0 bridgehead atoms. The zero-order chi connectivity index (χ0) is 18.3. The number of piperazine rings is 1. The molecular weight excluding hydrogens is 392 g/mol. The summed E-state index contributed by atoms with van der Waals surface area (Å²) in [5.74, 6) is -0.0866. The molecule has 2 aromatic rings. The van der Waals surface area contributed by atoms with Crippen LogP contribution in [0.15, 0.2) is 35.2 Å². The Kier molecular flexibility index (Phi) is 4.81. The number of rotatable bonds is 3. The highest BCUT2D eigenvalue weighted by Gasteiger charge is 2.31. The van der Waals surface area contributed by atoms with Gasteiger partial charge in [0.2, 0.25) is 10.0 Å². The Labute approximate surface area is 162 Å². The van der Waals surface area contributed by atoms with Gasteiger partial charge in [-0.15, -0.1) is 11.3 Å². The summed E-state index contributed by atoms with van der Waals surface area (Å²) in [5, 5.41) is 0. The molecule has 4 rings (SSSR count). The lowest BCUT2D eigenvalue weighted by molar-refractivity contribution is 0.0703. The van der Waals surface area contributed by atoms with Gasteiger partial charge in [0.15, 0.2) is 0 Å². The van der Waals surface area contributed by atoms with Crippen molar-refractivity contribution in [2.24, 2.45) is 0 Å². The van der Waals surface area contributed by atoms with E-state index >= 15 is 0 Å². The number of thiophene rings is 1. The topological polar surface area (TPSA) is 57.7 Å². The summed E-state index contributed by atoms with van der Waals surface area (Å²) in [6.45, 7) is 1.39. The number of carbonyl (C=O) groups excluding carboxylic acids is 1. The largest absolute Gasteiger partial charge is 0.335 e. The van der Waals surface area contributed by atoms with E-state index in [-0.39, 0.29) is 5.91 Å². The van der Waals surface area contributed by atoms with E-state index < -0.39 is 10.0 Å². The van der Waals surface area contributed by atoms with Crippen LogP contribution in [-0.4, -0.2) is 49.7 Å². The summed E-state index contributed by atoms with van der Waals surface area (Å²) in [5.41, 5.74) is 2.41. The molecule has 0 unspecified atom stereocenters. The SMILES string of the molecule is O=C(c1ccc(Cl)s1)N1CCN(S(=O)(=O)c2ccc3c(c2)CCC3)CC1. The Bertz CT molecular complexity index is 947. The molecule has 0 atom stereocenters. The van der Waals surface area contributed by atoms with Gasteiger partial charge in [-0.05, 0) is 54.7 Å². The average molecular weight is 411 g/mol.